The molecule has 3 rings (SSSR count). The number of aryl methyl sites for hydroxylation is 1. The molecule has 2 amide bonds. The molecule has 0 spiro atoms. The summed E-state index contributed by atoms with van der Waals surface area (Å²) >= 11 is 0. The van der Waals surface area contributed by atoms with Crippen LogP contribution in [0.2, 0.25) is 0 Å². The van der Waals surface area contributed by atoms with Crippen LogP contribution in [0.3, 0.4) is 0 Å². The summed E-state index contributed by atoms with van der Waals surface area (Å²) in [5.74, 6) is 0.342. The van der Waals surface area contributed by atoms with Crippen molar-refractivity contribution >= 4 is 6.03 Å². The Morgan fingerprint density at radius 3 is 2.78 bits per heavy atom. The maximum absolute atomic E-state index is 14.0. The van der Waals surface area contributed by atoms with E-state index in [4.69, 9.17) is 9.47 Å². The summed E-state index contributed by atoms with van der Waals surface area (Å²) in [6.07, 6.45) is 3.63. The van der Waals surface area contributed by atoms with Gasteiger partial charge in [0.05, 0.1) is 5.60 Å². The van der Waals surface area contributed by atoms with E-state index < -0.39 is 5.60 Å². The summed E-state index contributed by atoms with van der Waals surface area (Å²) in [4.78, 5) is 14.8. The highest BCUT2D eigenvalue weighted by atomic mass is 19.1. The molecule has 1 aliphatic rings. The van der Waals surface area contributed by atoms with Crippen LogP contribution < -0.4 is 15.4 Å². The Balaban J connectivity index is 1.91. The molecule has 0 radical (unpaired) electrons. The fourth-order valence-electron chi connectivity index (χ4n) is 5.13. The quantitative estimate of drug-likeness (QED) is 0.348. The number of urea groups is 1. The first-order valence-electron chi connectivity index (χ1n) is 13.2. The van der Waals surface area contributed by atoms with Gasteiger partial charge in [0.15, 0.2) is 0 Å². The van der Waals surface area contributed by atoms with E-state index >= 15 is 0 Å². The van der Waals surface area contributed by atoms with Crippen molar-refractivity contribution in [2.24, 2.45) is 5.92 Å². The molecule has 1 aliphatic heterocycles. The van der Waals surface area contributed by atoms with Crippen LogP contribution in [0.4, 0.5) is 9.18 Å². The summed E-state index contributed by atoms with van der Waals surface area (Å²) in [5.41, 5.74) is 0.226. The minimum Gasteiger partial charge on any atom is -0.457 e. The predicted octanol–water partition coefficient (Wildman–Crippen LogP) is 4.96. The number of nitrogens with zero attached hydrogens (tertiary/aromatic N) is 1. The van der Waals surface area contributed by atoms with Gasteiger partial charge in [0.1, 0.15) is 17.3 Å². The highest BCUT2D eigenvalue weighted by Crippen LogP contribution is 2.44. The number of benzene rings is 2. The average molecular weight is 516 g/mol. The number of carbonyl (C=O) groups is 1. The second kappa shape index (κ2) is 13.7. The van der Waals surface area contributed by atoms with Gasteiger partial charge < -0.3 is 30.1 Å². The number of hydrogen-bond acceptors (Lipinski definition) is 5. The fourth-order valence-corrected chi connectivity index (χ4v) is 5.13. The van der Waals surface area contributed by atoms with Gasteiger partial charge in [-0.2, -0.15) is 0 Å². The molecule has 37 heavy (non-hydrogen) atoms. The van der Waals surface area contributed by atoms with E-state index in [0.717, 1.165) is 31.2 Å². The second-order valence-corrected chi connectivity index (χ2v) is 10.1. The molecule has 0 saturated carbocycles. The van der Waals surface area contributed by atoms with E-state index in [2.05, 4.69) is 10.6 Å². The first-order valence-corrected chi connectivity index (χ1v) is 13.2. The van der Waals surface area contributed by atoms with Crippen molar-refractivity contribution in [3.05, 3.63) is 59.4 Å². The molecule has 0 bridgehead atoms. The molecule has 1 fully saturated rings. The number of ether oxygens (including phenoxy) is 2. The van der Waals surface area contributed by atoms with Crippen LogP contribution in [0.1, 0.15) is 50.2 Å². The molecule has 1 heterocycles. The molecule has 3 atom stereocenters. The Morgan fingerprint density at radius 2 is 2.03 bits per heavy atom. The van der Waals surface area contributed by atoms with Gasteiger partial charge >= 0.3 is 6.03 Å². The number of methoxy groups -OCH3 is 1. The summed E-state index contributed by atoms with van der Waals surface area (Å²) in [5, 5.41) is 18.5. The molecular weight excluding hydrogens is 473 g/mol. The van der Waals surface area contributed by atoms with E-state index in [1.54, 1.807) is 18.1 Å². The zero-order chi connectivity index (χ0) is 26.8. The fraction of sp³-hybridized carbons (Fsp3) is 0.552. The number of likely N-dealkylation sites (tertiary alicyclic amines) is 1. The Bertz CT molecular complexity index is 1020. The van der Waals surface area contributed by atoms with Crippen LogP contribution in [0.25, 0.3) is 0 Å². The van der Waals surface area contributed by atoms with Crippen molar-refractivity contribution in [2.75, 3.05) is 40.4 Å². The van der Waals surface area contributed by atoms with Crippen LogP contribution in [-0.4, -0.2) is 62.5 Å². The van der Waals surface area contributed by atoms with Gasteiger partial charge in [-0.3, -0.25) is 0 Å². The minimum atomic E-state index is -1.24. The monoisotopic (exact) mass is 515 g/mol. The molecule has 0 unspecified atom stereocenters. The largest absolute Gasteiger partial charge is 0.457 e. The number of carbonyl (C=O) groups excluding carboxylic acids is 1. The number of hydrogen-bond donors (Lipinski definition) is 3. The lowest BCUT2D eigenvalue weighted by Gasteiger charge is -2.43. The van der Waals surface area contributed by atoms with Gasteiger partial charge in [-0.05, 0) is 70.7 Å². The molecule has 204 valence electrons. The molecule has 0 aromatic heterocycles. The third-order valence-corrected chi connectivity index (χ3v) is 7.14. The van der Waals surface area contributed by atoms with Gasteiger partial charge in [0, 0.05) is 56.9 Å². The van der Waals surface area contributed by atoms with E-state index in [1.165, 1.54) is 12.1 Å². The van der Waals surface area contributed by atoms with Gasteiger partial charge in [-0.1, -0.05) is 24.3 Å². The lowest BCUT2D eigenvalue weighted by Crippen LogP contribution is -2.53. The van der Waals surface area contributed by atoms with Crippen molar-refractivity contribution in [1.29, 1.82) is 0 Å². The lowest BCUT2D eigenvalue weighted by atomic mass is 9.73. The minimum absolute atomic E-state index is 0.00515. The van der Waals surface area contributed by atoms with Crippen LogP contribution in [-0.2, 0) is 10.3 Å². The molecule has 3 N–H and O–H groups in total. The summed E-state index contributed by atoms with van der Waals surface area (Å²) < 4.78 is 25.4. The molecule has 7 nitrogen and oxygen atoms in total. The Labute approximate surface area is 220 Å². The van der Waals surface area contributed by atoms with Crippen molar-refractivity contribution in [1.82, 2.24) is 15.5 Å². The molecule has 8 heteroatoms. The van der Waals surface area contributed by atoms with Crippen molar-refractivity contribution in [3.63, 3.8) is 0 Å². The van der Waals surface area contributed by atoms with Crippen molar-refractivity contribution < 1.29 is 23.8 Å². The van der Waals surface area contributed by atoms with Crippen molar-refractivity contribution in [3.8, 4) is 11.5 Å². The van der Waals surface area contributed by atoms with Crippen LogP contribution in [0.5, 0.6) is 11.5 Å². The zero-order valence-corrected chi connectivity index (χ0v) is 22.6. The Hall–Kier alpha value is -2.68. The van der Waals surface area contributed by atoms with Gasteiger partial charge in [-0.15, -0.1) is 0 Å². The smallest absolute Gasteiger partial charge is 0.317 e. The maximum Gasteiger partial charge on any atom is 0.317 e. The van der Waals surface area contributed by atoms with Crippen LogP contribution in [0, 0.1) is 18.7 Å². The number of rotatable bonds is 12. The number of halogens is 1. The van der Waals surface area contributed by atoms with Gasteiger partial charge in [-0.25, -0.2) is 9.18 Å². The number of likely N-dealkylation sites (N-methyl/N-ethyl adjacent to an activating group) is 1. The number of amides is 2. The van der Waals surface area contributed by atoms with E-state index in [0.29, 0.717) is 49.7 Å². The normalized spacial score (nSPS) is 18.2. The standard InChI is InChI=1S/C29H42FN3O4/c1-21-13-14-24(30)18-27(21)37-26-12-6-5-11-25(26)29(35,15-7-8-17-36-4)23-10-9-16-33(20-23)28(34)32-22(2)19-31-3/h5-6,11-14,18,22-23,31,35H,7-10,15-17,19-20H2,1-4H3,(H,32,34)/t22-,23+,29-/m0/s1. The Kier molecular flexibility index (Phi) is 10.7. The number of aliphatic hydroxyl groups is 1. The SMILES string of the molecule is CNC[C@H](C)NC(=O)N1CCC[C@@H]([C@@](O)(CCCCOC)c2ccccc2Oc2cc(F)ccc2C)C1. The third kappa shape index (κ3) is 7.66. The molecule has 1 saturated heterocycles. The number of unbranched alkanes of at least 4 members (excludes halogenated alkanes) is 1. The van der Waals surface area contributed by atoms with Gasteiger partial charge in [0.25, 0.3) is 0 Å². The number of piperidine rings is 1. The topological polar surface area (TPSA) is 83.1 Å². The van der Waals surface area contributed by atoms with E-state index in [-0.39, 0.29) is 23.8 Å². The first kappa shape index (κ1) is 28.9. The molecule has 0 aliphatic carbocycles. The van der Waals surface area contributed by atoms with Crippen LogP contribution >= 0.6 is 0 Å². The first-order chi connectivity index (χ1) is 17.8. The van der Waals surface area contributed by atoms with Crippen LogP contribution in [0.15, 0.2) is 42.5 Å². The van der Waals surface area contributed by atoms with Crippen molar-refractivity contribution in [2.45, 2.75) is 57.6 Å². The number of nitrogens with one attached hydrogen (secondary N) is 2. The number of para-hydroxylation sites is 1. The molecule has 2 aromatic carbocycles. The average Bonchev–Trinajstić information content (AvgIpc) is 2.89. The summed E-state index contributed by atoms with van der Waals surface area (Å²) in [6.45, 7) is 6.20. The summed E-state index contributed by atoms with van der Waals surface area (Å²) in [6, 6.07) is 11.7. The van der Waals surface area contributed by atoms with Gasteiger partial charge in [0.2, 0.25) is 0 Å². The van der Waals surface area contributed by atoms with E-state index in [1.807, 2.05) is 45.2 Å². The third-order valence-electron chi connectivity index (χ3n) is 7.14. The predicted molar refractivity (Wildman–Crippen MR) is 143 cm³/mol. The lowest BCUT2D eigenvalue weighted by molar-refractivity contribution is -0.0574. The molecular formula is C29H42FN3O4. The maximum atomic E-state index is 14.0. The molecule has 2 aromatic rings. The highest BCUT2D eigenvalue weighted by molar-refractivity contribution is 5.74. The summed E-state index contributed by atoms with van der Waals surface area (Å²) in [7, 11) is 3.53. The zero-order valence-electron chi connectivity index (χ0n) is 22.6. The highest BCUT2D eigenvalue weighted by Gasteiger charge is 2.43. The Morgan fingerprint density at radius 1 is 1.24 bits per heavy atom. The van der Waals surface area contributed by atoms with E-state index in [9.17, 15) is 14.3 Å². The second-order valence-electron chi connectivity index (χ2n) is 10.1.